The lowest BCUT2D eigenvalue weighted by molar-refractivity contribution is -0.147. The Balaban J connectivity index is 1.35. The van der Waals surface area contributed by atoms with E-state index < -0.39 is 133 Å². The number of alkyl carbamates (subject to hydrolysis) is 2. The number of ether oxygens (including phenoxy) is 4. The summed E-state index contributed by atoms with van der Waals surface area (Å²) in [4.78, 5) is 73.9. The zero-order valence-corrected chi connectivity index (χ0v) is 36.0. The Labute approximate surface area is 381 Å². The van der Waals surface area contributed by atoms with E-state index in [0.717, 1.165) is 37.1 Å². The summed E-state index contributed by atoms with van der Waals surface area (Å²) < 4.78 is 21.9. The lowest BCUT2D eigenvalue weighted by Crippen LogP contribution is -2.65. The van der Waals surface area contributed by atoms with Crippen LogP contribution in [-0.2, 0) is 57.6 Å². The maximum Gasteiger partial charge on any atom is 0.407 e. The first-order chi connectivity index (χ1) is 31.7. The smallest absolute Gasteiger partial charge is 0.407 e. The molecular weight excluding hydrogens is 889 g/mol. The summed E-state index contributed by atoms with van der Waals surface area (Å²) in [7, 11) is 0. The molecule has 67 heavy (non-hydrogen) atoms. The summed E-state index contributed by atoms with van der Waals surface area (Å²) in [6.07, 6.45) is -9.84. The van der Waals surface area contributed by atoms with Gasteiger partial charge in [-0.15, -0.1) is 0 Å². The van der Waals surface area contributed by atoms with Crippen LogP contribution < -0.4 is 43.4 Å². The van der Waals surface area contributed by atoms with Gasteiger partial charge < -0.3 is 93.0 Å². The second kappa shape index (κ2) is 24.0. The van der Waals surface area contributed by atoms with Crippen LogP contribution in [0, 0.1) is 10.8 Å². The van der Waals surface area contributed by atoms with Crippen LogP contribution in [0.5, 0.6) is 0 Å². The quantitative estimate of drug-likeness (QED) is 0.0455. The number of aliphatic carboxylic acids is 2. The highest BCUT2D eigenvalue weighted by molar-refractivity contribution is 5.86. The number of aliphatic hydroxyl groups excluding tert-OH is 4. The molecule has 0 saturated carbocycles. The number of rotatable bonds is 20. The molecule has 364 valence electrons. The normalized spacial score (nSPS) is 21.6. The Morgan fingerprint density at radius 1 is 0.612 bits per heavy atom. The number of carboxylic acid groups (broad SMARTS) is 2. The number of carboxylic acids is 2. The third-order valence-electron chi connectivity index (χ3n) is 10.1. The highest BCUT2D eigenvalue weighted by Crippen LogP contribution is 2.27. The van der Waals surface area contributed by atoms with Crippen LogP contribution in [0.15, 0.2) is 72.2 Å². The van der Waals surface area contributed by atoms with Crippen molar-refractivity contribution < 1.29 is 78.4 Å². The molecule has 0 saturated heterocycles. The zero-order chi connectivity index (χ0) is 49.5. The highest BCUT2D eigenvalue weighted by atomic mass is 16.6. The van der Waals surface area contributed by atoms with Crippen molar-refractivity contribution in [3.8, 4) is 0 Å². The highest BCUT2D eigenvalue weighted by Gasteiger charge is 2.48. The summed E-state index contributed by atoms with van der Waals surface area (Å²) in [6.45, 7) is 0.268. The van der Waals surface area contributed by atoms with E-state index >= 15 is 0 Å². The third-order valence-corrected chi connectivity index (χ3v) is 10.1. The lowest BCUT2D eigenvalue weighted by Gasteiger charge is -2.41. The van der Waals surface area contributed by atoms with E-state index in [9.17, 15) is 59.4 Å². The molecule has 0 unspecified atom stereocenters. The molecule has 4 amide bonds. The first kappa shape index (κ1) is 51.9. The molecule has 0 spiro atoms. The minimum absolute atomic E-state index is 0.0675. The van der Waals surface area contributed by atoms with Crippen LogP contribution in [0.4, 0.5) is 9.59 Å². The molecule has 0 fully saturated rings. The fourth-order valence-corrected chi connectivity index (χ4v) is 7.08. The molecule has 0 radical (unpaired) electrons. The topological polar surface area (TPSA) is 433 Å². The molecule has 26 nitrogen and oxygen atoms in total. The number of hydrogen-bond donors (Lipinski definition) is 16. The van der Waals surface area contributed by atoms with Gasteiger partial charge in [-0.1, -0.05) is 48.5 Å². The maximum atomic E-state index is 13.0. The number of benzene rings is 2. The second-order valence-electron chi connectivity index (χ2n) is 15.2. The van der Waals surface area contributed by atoms with Gasteiger partial charge in [-0.05, 0) is 40.8 Å². The number of hydrogen-bond acceptors (Lipinski definition) is 16. The minimum atomic E-state index is -1.81. The van der Waals surface area contributed by atoms with Gasteiger partial charge in [-0.2, -0.15) is 0 Å². The van der Waals surface area contributed by atoms with Crippen molar-refractivity contribution >= 4 is 47.9 Å². The molecule has 2 heterocycles. The molecule has 4 rings (SSSR count). The molecule has 18 N–H and O–H groups in total. The molecule has 0 bridgehead atoms. The minimum Gasteiger partial charge on any atom is -0.477 e. The van der Waals surface area contributed by atoms with Gasteiger partial charge >= 0.3 is 24.1 Å². The fraction of sp³-hybridized carbons (Fsp3) is 0.415. The van der Waals surface area contributed by atoms with Gasteiger partial charge in [-0.3, -0.25) is 20.4 Å². The van der Waals surface area contributed by atoms with E-state index in [-0.39, 0.29) is 13.1 Å². The number of carbonyl (C=O) groups is 6. The first-order valence-electron chi connectivity index (χ1n) is 20.3. The Morgan fingerprint density at radius 2 is 0.940 bits per heavy atom. The average Bonchev–Trinajstić information content (AvgIpc) is 3.26. The first-order valence-corrected chi connectivity index (χ1v) is 20.3. The summed E-state index contributed by atoms with van der Waals surface area (Å²) >= 11 is 0. The number of guanidine groups is 2. The molecular formula is C41H54N10O16. The summed E-state index contributed by atoms with van der Waals surface area (Å²) in [5, 5.41) is 90.4. The van der Waals surface area contributed by atoms with Crippen LogP contribution in [0.3, 0.4) is 0 Å². The van der Waals surface area contributed by atoms with Crippen molar-refractivity contribution in [1.82, 2.24) is 31.9 Å². The Bertz CT molecular complexity index is 2040. The van der Waals surface area contributed by atoms with Crippen molar-refractivity contribution in [1.29, 1.82) is 10.8 Å². The van der Waals surface area contributed by atoms with Gasteiger partial charge in [0.2, 0.25) is 23.3 Å². The molecule has 0 aliphatic carbocycles. The van der Waals surface area contributed by atoms with Gasteiger partial charge in [0.05, 0.1) is 37.4 Å². The Hall–Kier alpha value is -7.68. The standard InChI is InChI=1S/C41H54N10O16/c1-18(54)48-30-24(50-38(42)43)12-28(36(58)59)64-34(30)32(26(56)16-52)66-40(62)46-14-22-7-3-20(4-8-22)11-21-5-9-23(10-6-21)15-47-41(63)67-33(27(57)17-53)35-31(49-19(2)55)25(51-39(44)45)13-29(65-35)37(60)61/h3-10,12-13,24-27,30-35,52-53,56-57H,11,14-17H2,1-2H3,(H,46,62)(H,47,63)(H,48,54)(H,49,55)(H,58,59)(H,60,61)(H4,42,43,50)(H4,44,45,51)/t24-,25-,26-,27+,30+,31+,32+,33+,34+,35+/m0/s1. The van der Waals surface area contributed by atoms with Crippen molar-refractivity contribution in [3.05, 3.63) is 94.5 Å². The van der Waals surface area contributed by atoms with E-state index in [1.807, 2.05) is 0 Å². The van der Waals surface area contributed by atoms with Crippen molar-refractivity contribution in [2.75, 3.05) is 13.2 Å². The third kappa shape index (κ3) is 15.2. The number of nitrogens with one attached hydrogen (secondary N) is 8. The van der Waals surface area contributed by atoms with E-state index in [2.05, 4.69) is 31.9 Å². The molecule has 10 atom stereocenters. The fourth-order valence-electron chi connectivity index (χ4n) is 7.08. The van der Waals surface area contributed by atoms with Crippen LogP contribution in [-0.4, -0.2) is 153 Å². The van der Waals surface area contributed by atoms with Crippen molar-refractivity contribution in [2.24, 2.45) is 11.5 Å². The van der Waals surface area contributed by atoms with Gasteiger partial charge in [0.1, 0.15) is 12.2 Å². The monoisotopic (exact) mass is 942 g/mol. The largest absolute Gasteiger partial charge is 0.477 e. The molecule has 26 heteroatoms. The molecule has 2 aromatic rings. The predicted octanol–water partition coefficient (Wildman–Crippen LogP) is -3.38. The van der Waals surface area contributed by atoms with Crippen molar-refractivity contribution in [3.63, 3.8) is 0 Å². The predicted molar refractivity (Wildman–Crippen MR) is 230 cm³/mol. The summed E-state index contributed by atoms with van der Waals surface area (Å²) in [5.41, 5.74) is 13.9. The SMILES string of the molecule is CC(=O)N[C@H]1[C@H]([C@H](OC(=O)NCc2ccc(Cc3ccc(CNC(=O)O[C@@H]([C@@H]4OC(C(=O)O)=C[C@H](NC(=N)N)[C@H]4NC(C)=O)[C@@H](O)CO)cc3)cc2)[C@H](O)CO)OC(C(=O)O)=C[C@@H]1NC(=N)N. The molecule has 2 aliphatic rings. The van der Waals surface area contributed by atoms with Gasteiger partial charge in [-0.25, -0.2) is 19.2 Å². The Kier molecular flexibility index (Phi) is 18.6. The number of aliphatic hydroxyl groups is 4. The van der Waals surface area contributed by atoms with Crippen LogP contribution in [0.1, 0.15) is 36.1 Å². The van der Waals surface area contributed by atoms with Crippen LogP contribution in [0.2, 0.25) is 0 Å². The maximum absolute atomic E-state index is 13.0. The summed E-state index contributed by atoms with van der Waals surface area (Å²) in [5.74, 6) is -6.81. The molecule has 0 aromatic heterocycles. The van der Waals surface area contributed by atoms with E-state index in [0.29, 0.717) is 17.5 Å². The van der Waals surface area contributed by atoms with Crippen molar-refractivity contribution in [2.45, 2.75) is 94.1 Å². The van der Waals surface area contributed by atoms with Gasteiger partial charge in [0.25, 0.3) is 0 Å². The number of carbonyl (C=O) groups excluding carboxylic acids is 4. The summed E-state index contributed by atoms with van der Waals surface area (Å²) in [6, 6.07) is 9.35. The Morgan fingerprint density at radius 3 is 1.22 bits per heavy atom. The molecule has 2 aliphatic heterocycles. The number of amides is 4. The number of nitrogens with two attached hydrogens (primary N) is 2. The van der Waals surface area contributed by atoms with Crippen LogP contribution in [0.25, 0.3) is 0 Å². The van der Waals surface area contributed by atoms with Gasteiger partial charge in [0, 0.05) is 26.9 Å². The van der Waals surface area contributed by atoms with Gasteiger partial charge in [0.15, 0.2) is 36.3 Å². The molecule has 2 aromatic carbocycles. The van der Waals surface area contributed by atoms with E-state index in [1.54, 1.807) is 48.5 Å². The van der Waals surface area contributed by atoms with Crippen LogP contribution >= 0.6 is 0 Å². The van der Waals surface area contributed by atoms with E-state index in [1.165, 1.54) is 0 Å². The zero-order valence-electron chi connectivity index (χ0n) is 36.0. The van der Waals surface area contributed by atoms with E-state index in [4.69, 9.17) is 41.2 Å². The second-order valence-corrected chi connectivity index (χ2v) is 15.2. The average molecular weight is 943 g/mol. The lowest BCUT2D eigenvalue weighted by atomic mass is 9.92.